The number of hydrogen-bond donors (Lipinski definition) is 2. The van der Waals surface area contributed by atoms with E-state index in [0.717, 1.165) is 37.6 Å². The predicted molar refractivity (Wildman–Crippen MR) is 135 cm³/mol. The quantitative estimate of drug-likeness (QED) is 0.263. The number of hydrogen-bond acceptors (Lipinski definition) is 3. The van der Waals surface area contributed by atoms with Crippen molar-refractivity contribution in [3.63, 3.8) is 0 Å². The van der Waals surface area contributed by atoms with Crippen LogP contribution in [0.25, 0.3) is 0 Å². The van der Waals surface area contributed by atoms with Crippen LogP contribution in [0.15, 0.2) is 35.3 Å². The Morgan fingerprint density at radius 2 is 1.87 bits per heavy atom. The molecule has 0 aliphatic carbocycles. The Bertz CT molecular complexity index is 760. The highest BCUT2D eigenvalue weighted by Gasteiger charge is 2.13. The van der Waals surface area contributed by atoms with Gasteiger partial charge in [-0.1, -0.05) is 51.1 Å². The fourth-order valence-corrected chi connectivity index (χ4v) is 3.35. The van der Waals surface area contributed by atoms with Crippen LogP contribution in [0.5, 0.6) is 0 Å². The first-order valence-corrected chi connectivity index (χ1v) is 10.8. The Balaban J connectivity index is 0.00000450. The van der Waals surface area contributed by atoms with E-state index in [1.807, 2.05) is 29.9 Å². The van der Waals surface area contributed by atoms with Crippen molar-refractivity contribution in [1.29, 1.82) is 0 Å². The summed E-state index contributed by atoms with van der Waals surface area (Å²) in [5.41, 5.74) is 4.88. The topological polar surface area (TPSA) is 63.5 Å². The number of aliphatic imine (C=N–C) groups is 1. The summed E-state index contributed by atoms with van der Waals surface area (Å²) in [6, 6.07) is 10.3. The normalized spacial score (nSPS) is 12.4. The Morgan fingerprint density at radius 3 is 2.50 bits per heavy atom. The molecule has 2 N–H and O–H groups in total. The molecule has 0 aliphatic heterocycles. The molecule has 6 nitrogen and oxygen atoms in total. The lowest BCUT2D eigenvalue weighted by atomic mass is 10.1. The van der Waals surface area contributed by atoms with Gasteiger partial charge in [-0.2, -0.15) is 5.10 Å². The van der Waals surface area contributed by atoms with Crippen molar-refractivity contribution in [2.45, 2.75) is 53.7 Å². The Labute approximate surface area is 198 Å². The molecular weight excluding hydrogens is 489 g/mol. The number of aryl methyl sites for hydroxylation is 2. The fraction of sp³-hybridized carbons (Fsp3) is 0.565. The maximum atomic E-state index is 5.86. The summed E-state index contributed by atoms with van der Waals surface area (Å²) in [6.45, 7) is 12.3. The molecule has 0 radical (unpaired) electrons. The van der Waals surface area contributed by atoms with Gasteiger partial charge in [-0.05, 0) is 31.2 Å². The SMILES string of the molecule is CCNC(=NCc1c(CC)nn(C)c1CC)NCC(C)COCc1ccccc1.I. The molecule has 1 aromatic carbocycles. The standard InChI is InChI=1S/C23H37N5O.HI/c1-6-21-20(22(7-2)28(5)27-21)15-26-23(24-8-3)25-14-18(4)16-29-17-19-12-10-9-11-13-19;/h9-13,18H,6-8,14-17H2,1-5H3,(H2,24,25,26);1H. The van der Waals surface area contributed by atoms with Crippen LogP contribution in [0.2, 0.25) is 0 Å². The first-order chi connectivity index (χ1) is 14.1. The smallest absolute Gasteiger partial charge is 0.191 e. The van der Waals surface area contributed by atoms with E-state index in [9.17, 15) is 0 Å². The lowest BCUT2D eigenvalue weighted by molar-refractivity contribution is 0.0931. The third-order valence-electron chi connectivity index (χ3n) is 4.90. The molecule has 0 spiro atoms. The molecule has 1 aromatic heterocycles. The second-order valence-corrected chi connectivity index (χ2v) is 7.38. The van der Waals surface area contributed by atoms with Crippen LogP contribution in [0.1, 0.15) is 50.2 Å². The van der Waals surface area contributed by atoms with Gasteiger partial charge in [0.1, 0.15) is 0 Å². The highest BCUT2D eigenvalue weighted by Crippen LogP contribution is 2.16. The van der Waals surface area contributed by atoms with Gasteiger partial charge in [0.25, 0.3) is 0 Å². The van der Waals surface area contributed by atoms with Gasteiger partial charge >= 0.3 is 0 Å². The van der Waals surface area contributed by atoms with Gasteiger partial charge in [-0.3, -0.25) is 4.68 Å². The van der Waals surface area contributed by atoms with E-state index < -0.39 is 0 Å². The maximum Gasteiger partial charge on any atom is 0.191 e. The van der Waals surface area contributed by atoms with Crippen LogP contribution < -0.4 is 10.6 Å². The highest BCUT2D eigenvalue weighted by atomic mass is 127. The van der Waals surface area contributed by atoms with Gasteiger partial charge in [0.15, 0.2) is 5.96 Å². The molecule has 0 saturated heterocycles. The van der Waals surface area contributed by atoms with Crippen molar-refractivity contribution in [2.24, 2.45) is 18.0 Å². The lowest BCUT2D eigenvalue weighted by Gasteiger charge is -2.16. The van der Waals surface area contributed by atoms with Gasteiger partial charge in [-0.25, -0.2) is 4.99 Å². The Hall–Kier alpha value is -1.61. The second kappa shape index (κ2) is 14.4. The van der Waals surface area contributed by atoms with Gasteiger partial charge in [0, 0.05) is 31.4 Å². The van der Waals surface area contributed by atoms with E-state index in [-0.39, 0.29) is 24.0 Å². The van der Waals surface area contributed by atoms with Crippen LogP contribution >= 0.6 is 24.0 Å². The van der Waals surface area contributed by atoms with Crippen LogP contribution in [0, 0.1) is 5.92 Å². The van der Waals surface area contributed by atoms with Gasteiger partial charge in [0.05, 0.1) is 25.5 Å². The fourth-order valence-electron chi connectivity index (χ4n) is 3.35. The molecule has 2 rings (SSSR count). The summed E-state index contributed by atoms with van der Waals surface area (Å²) in [4.78, 5) is 4.81. The van der Waals surface area contributed by atoms with Gasteiger partial charge in [0.2, 0.25) is 0 Å². The van der Waals surface area contributed by atoms with E-state index in [1.165, 1.54) is 16.8 Å². The first-order valence-electron chi connectivity index (χ1n) is 10.8. The number of rotatable bonds is 11. The first kappa shape index (κ1) is 26.4. The van der Waals surface area contributed by atoms with E-state index in [2.05, 4.69) is 55.6 Å². The Kier molecular flexibility index (Phi) is 12.7. The summed E-state index contributed by atoms with van der Waals surface area (Å²) in [5, 5.41) is 11.4. The molecule has 0 saturated carbocycles. The van der Waals surface area contributed by atoms with Gasteiger partial charge in [-0.15, -0.1) is 24.0 Å². The zero-order chi connectivity index (χ0) is 21.1. The maximum absolute atomic E-state index is 5.86. The average molecular weight is 527 g/mol. The van der Waals surface area contributed by atoms with Crippen molar-refractivity contribution < 1.29 is 4.74 Å². The number of guanidine groups is 1. The number of halogens is 1. The largest absolute Gasteiger partial charge is 0.376 e. The van der Waals surface area contributed by atoms with E-state index in [4.69, 9.17) is 9.73 Å². The molecule has 0 amide bonds. The molecule has 0 aliphatic rings. The third-order valence-corrected chi connectivity index (χ3v) is 4.90. The average Bonchev–Trinajstić information content (AvgIpc) is 3.05. The molecule has 30 heavy (non-hydrogen) atoms. The summed E-state index contributed by atoms with van der Waals surface area (Å²) >= 11 is 0. The third kappa shape index (κ3) is 8.26. The minimum Gasteiger partial charge on any atom is -0.376 e. The highest BCUT2D eigenvalue weighted by molar-refractivity contribution is 14.0. The van der Waals surface area contributed by atoms with Crippen LogP contribution in [0.4, 0.5) is 0 Å². The second-order valence-electron chi connectivity index (χ2n) is 7.38. The van der Waals surface area contributed by atoms with E-state index in [0.29, 0.717) is 25.7 Å². The van der Waals surface area contributed by atoms with Gasteiger partial charge < -0.3 is 15.4 Å². The summed E-state index contributed by atoms with van der Waals surface area (Å²) < 4.78 is 7.85. The molecule has 0 fully saturated rings. The van der Waals surface area contributed by atoms with E-state index in [1.54, 1.807) is 0 Å². The zero-order valence-corrected chi connectivity index (χ0v) is 21.4. The van der Waals surface area contributed by atoms with Crippen molar-refractivity contribution in [1.82, 2.24) is 20.4 Å². The zero-order valence-electron chi connectivity index (χ0n) is 19.1. The van der Waals surface area contributed by atoms with Crippen molar-refractivity contribution in [3.05, 3.63) is 52.8 Å². The number of nitrogens with one attached hydrogen (secondary N) is 2. The van der Waals surface area contributed by atoms with Crippen LogP contribution in [-0.2, 0) is 37.8 Å². The molecule has 1 unspecified atom stereocenters. The summed E-state index contributed by atoms with van der Waals surface area (Å²) in [7, 11) is 2.02. The molecule has 168 valence electrons. The lowest BCUT2D eigenvalue weighted by Crippen LogP contribution is -2.40. The van der Waals surface area contributed by atoms with Crippen LogP contribution in [-0.4, -0.2) is 35.4 Å². The number of benzene rings is 1. The van der Waals surface area contributed by atoms with Crippen LogP contribution in [0.3, 0.4) is 0 Å². The molecule has 1 heterocycles. The van der Waals surface area contributed by atoms with E-state index >= 15 is 0 Å². The monoisotopic (exact) mass is 527 g/mol. The van der Waals surface area contributed by atoms with Crippen molar-refractivity contribution in [2.75, 3.05) is 19.7 Å². The number of nitrogens with zero attached hydrogens (tertiary/aromatic N) is 3. The summed E-state index contributed by atoms with van der Waals surface area (Å²) in [6.07, 6.45) is 1.90. The molecule has 1 atom stereocenters. The minimum absolute atomic E-state index is 0. The Morgan fingerprint density at radius 1 is 1.13 bits per heavy atom. The number of ether oxygens (including phenoxy) is 1. The molecule has 7 heteroatoms. The molecule has 0 bridgehead atoms. The molecule has 2 aromatic rings. The van der Waals surface area contributed by atoms with Crippen molar-refractivity contribution in [3.8, 4) is 0 Å². The summed E-state index contributed by atoms with van der Waals surface area (Å²) in [5.74, 6) is 1.23. The van der Waals surface area contributed by atoms with Crippen molar-refractivity contribution >= 4 is 29.9 Å². The predicted octanol–water partition coefficient (Wildman–Crippen LogP) is 4.07. The molecular formula is C23H38IN5O. The number of aromatic nitrogens is 2. The minimum atomic E-state index is 0.